The van der Waals surface area contributed by atoms with Gasteiger partial charge in [-0.15, -0.1) is 10.2 Å². The van der Waals surface area contributed by atoms with Crippen LogP contribution in [0.25, 0.3) is 0 Å². The zero-order valence-corrected chi connectivity index (χ0v) is 10.8. The number of furan rings is 1. The van der Waals surface area contributed by atoms with Crippen molar-refractivity contribution in [2.24, 2.45) is 0 Å². The monoisotopic (exact) mass is 255 g/mol. The second kappa shape index (κ2) is 5.36. The number of anilines is 1. The van der Waals surface area contributed by atoms with Crippen LogP contribution >= 0.6 is 23.1 Å². The van der Waals surface area contributed by atoms with Crippen molar-refractivity contribution in [1.82, 2.24) is 10.2 Å². The Hall–Kier alpha value is -1.01. The van der Waals surface area contributed by atoms with E-state index in [4.69, 9.17) is 4.42 Å². The van der Waals surface area contributed by atoms with E-state index >= 15 is 0 Å². The lowest BCUT2D eigenvalue weighted by molar-refractivity contribution is 0.518. The van der Waals surface area contributed by atoms with Gasteiger partial charge >= 0.3 is 0 Å². The molecule has 2 heterocycles. The van der Waals surface area contributed by atoms with Crippen LogP contribution in [0.1, 0.15) is 19.6 Å². The van der Waals surface area contributed by atoms with Crippen LogP contribution in [0.3, 0.4) is 0 Å². The molecule has 0 bridgehead atoms. The highest BCUT2D eigenvalue weighted by molar-refractivity contribution is 8.01. The second-order valence-electron chi connectivity index (χ2n) is 3.47. The Balaban J connectivity index is 1.88. The van der Waals surface area contributed by atoms with E-state index in [0.717, 1.165) is 15.2 Å². The number of thioether (sulfide) groups is 1. The summed E-state index contributed by atoms with van der Waals surface area (Å²) in [6.07, 6.45) is 1.66. The molecular weight excluding hydrogens is 242 g/mol. The molecule has 0 fully saturated rings. The molecule has 0 spiro atoms. The van der Waals surface area contributed by atoms with E-state index in [1.165, 1.54) is 0 Å². The molecule has 4 nitrogen and oxygen atoms in total. The number of nitrogens with zero attached hydrogens (tertiary/aromatic N) is 2. The third kappa shape index (κ3) is 3.24. The van der Waals surface area contributed by atoms with Crippen LogP contribution in [-0.2, 0) is 6.54 Å². The Labute approximate surface area is 102 Å². The quantitative estimate of drug-likeness (QED) is 0.831. The number of nitrogens with one attached hydrogen (secondary N) is 1. The summed E-state index contributed by atoms with van der Waals surface area (Å²) >= 11 is 3.30. The van der Waals surface area contributed by atoms with Gasteiger partial charge in [0.05, 0.1) is 12.8 Å². The summed E-state index contributed by atoms with van der Waals surface area (Å²) in [4.78, 5) is 0. The second-order valence-corrected chi connectivity index (χ2v) is 6.27. The molecule has 1 N–H and O–H groups in total. The predicted octanol–water partition coefficient (Wildman–Crippen LogP) is 3.24. The van der Waals surface area contributed by atoms with E-state index in [1.54, 1.807) is 29.4 Å². The van der Waals surface area contributed by atoms with E-state index in [0.29, 0.717) is 11.8 Å². The lowest BCUT2D eigenvalue weighted by Crippen LogP contribution is -1.96. The highest BCUT2D eigenvalue weighted by Gasteiger charge is 2.06. The van der Waals surface area contributed by atoms with Gasteiger partial charge in [0.1, 0.15) is 5.76 Å². The Morgan fingerprint density at radius 2 is 2.38 bits per heavy atom. The minimum absolute atomic E-state index is 0.533. The molecule has 0 aliphatic heterocycles. The van der Waals surface area contributed by atoms with Gasteiger partial charge in [-0.3, -0.25) is 0 Å². The standard InChI is InChI=1S/C10H13N3OS2/c1-7(2)15-10-13-12-9(16-10)11-6-8-4-3-5-14-8/h3-5,7H,6H2,1-2H3,(H,11,12). The molecule has 16 heavy (non-hydrogen) atoms. The van der Waals surface area contributed by atoms with E-state index in [9.17, 15) is 0 Å². The first-order valence-electron chi connectivity index (χ1n) is 5.00. The first kappa shape index (κ1) is 11.5. The summed E-state index contributed by atoms with van der Waals surface area (Å²) in [7, 11) is 0. The Bertz CT molecular complexity index is 425. The molecule has 0 atom stereocenters. The van der Waals surface area contributed by atoms with Crippen LogP contribution in [0, 0.1) is 0 Å². The summed E-state index contributed by atoms with van der Waals surface area (Å²) in [5, 5.41) is 12.7. The van der Waals surface area contributed by atoms with Crippen molar-refractivity contribution in [3.8, 4) is 0 Å². The molecular formula is C10H13N3OS2. The predicted molar refractivity (Wildman–Crippen MR) is 66.9 cm³/mol. The zero-order valence-electron chi connectivity index (χ0n) is 9.14. The summed E-state index contributed by atoms with van der Waals surface area (Å²) in [5.41, 5.74) is 0. The molecule has 0 amide bonds. The largest absolute Gasteiger partial charge is 0.467 e. The summed E-state index contributed by atoms with van der Waals surface area (Å²) in [6, 6.07) is 3.80. The van der Waals surface area contributed by atoms with E-state index in [-0.39, 0.29) is 0 Å². The molecule has 0 radical (unpaired) electrons. The molecule has 6 heteroatoms. The normalized spacial score (nSPS) is 10.9. The molecule has 0 aromatic carbocycles. The van der Waals surface area contributed by atoms with Crippen molar-refractivity contribution < 1.29 is 4.42 Å². The van der Waals surface area contributed by atoms with E-state index < -0.39 is 0 Å². The topological polar surface area (TPSA) is 51.0 Å². The van der Waals surface area contributed by atoms with Gasteiger partial charge in [-0.25, -0.2) is 0 Å². The third-order valence-electron chi connectivity index (χ3n) is 1.74. The molecule has 0 saturated carbocycles. The molecule has 0 aliphatic carbocycles. The van der Waals surface area contributed by atoms with Crippen LogP contribution in [0.15, 0.2) is 27.2 Å². The lowest BCUT2D eigenvalue weighted by Gasteiger charge is -1.98. The average molecular weight is 255 g/mol. The maximum atomic E-state index is 5.22. The highest BCUT2D eigenvalue weighted by atomic mass is 32.2. The molecule has 0 unspecified atom stereocenters. The first-order valence-corrected chi connectivity index (χ1v) is 6.70. The average Bonchev–Trinajstić information content (AvgIpc) is 2.84. The summed E-state index contributed by atoms with van der Waals surface area (Å²) in [6.45, 7) is 4.93. The fourth-order valence-corrected chi connectivity index (χ4v) is 3.08. The number of hydrogen-bond donors (Lipinski definition) is 1. The zero-order chi connectivity index (χ0) is 11.4. The van der Waals surface area contributed by atoms with Gasteiger partial charge in [0.15, 0.2) is 4.34 Å². The van der Waals surface area contributed by atoms with Crippen molar-refractivity contribution in [1.29, 1.82) is 0 Å². The van der Waals surface area contributed by atoms with E-state index in [1.807, 2.05) is 12.1 Å². The molecule has 2 aromatic rings. The molecule has 0 saturated heterocycles. The Kier molecular flexibility index (Phi) is 3.84. The van der Waals surface area contributed by atoms with Gasteiger partial charge in [0.2, 0.25) is 5.13 Å². The van der Waals surface area contributed by atoms with Gasteiger partial charge < -0.3 is 9.73 Å². The number of hydrogen-bond acceptors (Lipinski definition) is 6. The Morgan fingerprint density at radius 1 is 1.50 bits per heavy atom. The van der Waals surface area contributed by atoms with Crippen LogP contribution < -0.4 is 5.32 Å². The van der Waals surface area contributed by atoms with Crippen LogP contribution in [0.2, 0.25) is 0 Å². The molecule has 2 aromatic heterocycles. The van der Waals surface area contributed by atoms with Crippen LogP contribution in [-0.4, -0.2) is 15.4 Å². The van der Waals surface area contributed by atoms with Gasteiger partial charge in [0.25, 0.3) is 0 Å². The smallest absolute Gasteiger partial charge is 0.206 e. The minimum Gasteiger partial charge on any atom is -0.467 e. The summed E-state index contributed by atoms with van der Waals surface area (Å²) in [5.74, 6) is 0.897. The van der Waals surface area contributed by atoms with Crippen molar-refractivity contribution >= 4 is 28.2 Å². The lowest BCUT2D eigenvalue weighted by atomic mass is 10.4. The van der Waals surface area contributed by atoms with Crippen LogP contribution in [0.4, 0.5) is 5.13 Å². The van der Waals surface area contributed by atoms with Crippen molar-refractivity contribution in [2.75, 3.05) is 5.32 Å². The number of rotatable bonds is 5. The minimum atomic E-state index is 0.533. The van der Waals surface area contributed by atoms with Gasteiger partial charge in [-0.2, -0.15) is 0 Å². The highest BCUT2D eigenvalue weighted by Crippen LogP contribution is 2.28. The van der Waals surface area contributed by atoms with Crippen molar-refractivity contribution in [2.45, 2.75) is 30.0 Å². The molecule has 86 valence electrons. The van der Waals surface area contributed by atoms with Gasteiger partial charge in [-0.1, -0.05) is 36.9 Å². The molecule has 2 rings (SSSR count). The molecule has 0 aliphatic rings. The fraction of sp³-hybridized carbons (Fsp3) is 0.400. The maximum absolute atomic E-state index is 5.22. The van der Waals surface area contributed by atoms with Crippen LogP contribution in [0.5, 0.6) is 0 Å². The van der Waals surface area contributed by atoms with Gasteiger partial charge in [-0.05, 0) is 12.1 Å². The van der Waals surface area contributed by atoms with E-state index in [2.05, 4.69) is 29.4 Å². The third-order valence-corrected chi connectivity index (χ3v) is 3.71. The van der Waals surface area contributed by atoms with Crippen molar-refractivity contribution in [3.05, 3.63) is 24.2 Å². The Morgan fingerprint density at radius 3 is 3.06 bits per heavy atom. The van der Waals surface area contributed by atoms with Gasteiger partial charge in [0, 0.05) is 5.25 Å². The van der Waals surface area contributed by atoms with Crippen molar-refractivity contribution in [3.63, 3.8) is 0 Å². The maximum Gasteiger partial charge on any atom is 0.206 e. The first-order chi connectivity index (χ1) is 7.74. The SMILES string of the molecule is CC(C)Sc1nnc(NCc2ccco2)s1. The number of aromatic nitrogens is 2. The summed E-state index contributed by atoms with van der Waals surface area (Å²) < 4.78 is 6.21. The fourth-order valence-electron chi connectivity index (χ4n) is 1.11.